The molecular weight excluding hydrogens is 178 g/mol. The first-order chi connectivity index (χ1) is 6.74. The summed E-state index contributed by atoms with van der Waals surface area (Å²) in [4.78, 5) is 0. The standard InChI is InChI=1S/C11H17NO2/c1-4-8(12)11-9(13-2)6-5-7-10(11)14-3/h5-8H,4,12H2,1-3H3/t8-/m0/s1. The smallest absolute Gasteiger partial charge is 0.127 e. The van der Waals surface area contributed by atoms with Gasteiger partial charge in [0, 0.05) is 6.04 Å². The van der Waals surface area contributed by atoms with Crippen LogP contribution in [0.4, 0.5) is 0 Å². The lowest BCUT2D eigenvalue weighted by Gasteiger charge is -2.17. The number of ether oxygens (including phenoxy) is 2. The van der Waals surface area contributed by atoms with Gasteiger partial charge in [0.15, 0.2) is 0 Å². The van der Waals surface area contributed by atoms with Gasteiger partial charge in [0.25, 0.3) is 0 Å². The SMILES string of the molecule is CC[C@H](N)c1c(OC)cccc1OC. The molecule has 0 aromatic heterocycles. The van der Waals surface area contributed by atoms with E-state index < -0.39 is 0 Å². The third-order valence-electron chi connectivity index (χ3n) is 2.28. The van der Waals surface area contributed by atoms with Crippen LogP contribution in [0.15, 0.2) is 18.2 Å². The monoisotopic (exact) mass is 195 g/mol. The Morgan fingerprint density at radius 2 is 1.71 bits per heavy atom. The lowest BCUT2D eigenvalue weighted by Crippen LogP contribution is -2.11. The molecule has 1 atom stereocenters. The van der Waals surface area contributed by atoms with Gasteiger partial charge in [-0.15, -0.1) is 0 Å². The minimum atomic E-state index is -0.0406. The van der Waals surface area contributed by atoms with E-state index in [2.05, 4.69) is 0 Å². The molecule has 0 fully saturated rings. The summed E-state index contributed by atoms with van der Waals surface area (Å²) in [7, 11) is 3.28. The van der Waals surface area contributed by atoms with E-state index in [0.29, 0.717) is 0 Å². The van der Waals surface area contributed by atoms with E-state index in [-0.39, 0.29) is 6.04 Å². The second kappa shape index (κ2) is 4.86. The summed E-state index contributed by atoms with van der Waals surface area (Å²) < 4.78 is 10.5. The van der Waals surface area contributed by atoms with Crippen molar-refractivity contribution in [1.29, 1.82) is 0 Å². The van der Waals surface area contributed by atoms with Gasteiger partial charge in [-0.3, -0.25) is 0 Å². The molecule has 0 bridgehead atoms. The van der Waals surface area contributed by atoms with E-state index in [1.165, 1.54) is 0 Å². The number of benzene rings is 1. The van der Waals surface area contributed by atoms with Crippen LogP contribution in [0.3, 0.4) is 0 Å². The first kappa shape index (κ1) is 10.9. The number of hydrogen-bond acceptors (Lipinski definition) is 3. The summed E-state index contributed by atoms with van der Waals surface area (Å²) in [5.41, 5.74) is 6.93. The highest BCUT2D eigenvalue weighted by molar-refractivity contribution is 5.46. The van der Waals surface area contributed by atoms with Crippen molar-refractivity contribution in [3.05, 3.63) is 23.8 Å². The van der Waals surface area contributed by atoms with Crippen molar-refractivity contribution in [3.8, 4) is 11.5 Å². The molecule has 0 unspecified atom stereocenters. The molecule has 3 nitrogen and oxygen atoms in total. The van der Waals surface area contributed by atoms with Crippen LogP contribution in [0.2, 0.25) is 0 Å². The quantitative estimate of drug-likeness (QED) is 0.800. The Kier molecular flexibility index (Phi) is 3.77. The summed E-state index contributed by atoms with van der Waals surface area (Å²) >= 11 is 0. The molecule has 78 valence electrons. The Morgan fingerprint density at radius 3 is 2.07 bits per heavy atom. The van der Waals surface area contributed by atoms with Crippen molar-refractivity contribution >= 4 is 0 Å². The van der Waals surface area contributed by atoms with Crippen molar-refractivity contribution in [1.82, 2.24) is 0 Å². The maximum atomic E-state index is 5.99. The van der Waals surface area contributed by atoms with Crippen molar-refractivity contribution in [3.63, 3.8) is 0 Å². The highest BCUT2D eigenvalue weighted by atomic mass is 16.5. The average molecular weight is 195 g/mol. The van der Waals surface area contributed by atoms with Gasteiger partial charge in [-0.05, 0) is 18.6 Å². The van der Waals surface area contributed by atoms with E-state index >= 15 is 0 Å². The highest BCUT2D eigenvalue weighted by Crippen LogP contribution is 2.33. The number of nitrogens with two attached hydrogens (primary N) is 1. The fraction of sp³-hybridized carbons (Fsp3) is 0.455. The van der Waals surface area contributed by atoms with Crippen LogP contribution < -0.4 is 15.2 Å². The van der Waals surface area contributed by atoms with Gasteiger partial charge in [0.05, 0.1) is 19.8 Å². The summed E-state index contributed by atoms with van der Waals surface area (Å²) in [5.74, 6) is 1.58. The van der Waals surface area contributed by atoms with Gasteiger partial charge in [-0.1, -0.05) is 13.0 Å². The number of rotatable bonds is 4. The fourth-order valence-electron chi connectivity index (χ4n) is 1.45. The topological polar surface area (TPSA) is 44.5 Å². The molecule has 0 aliphatic heterocycles. The van der Waals surface area contributed by atoms with Gasteiger partial charge in [-0.2, -0.15) is 0 Å². The molecule has 0 radical (unpaired) electrons. The maximum absolute atomic E-state index is 5.99. The van der Waals surface area contributed by atoms with Crippen LogP contribution in [-0.2, 0) is 0 Å². The molecular formula is C11H17NO2. The molecule has 2 N–H and O–H groups in total. The predicted octanol–water partition coefficient (Wildman–Crippen LogP) is 2.11. The molecule has 14 heavy (non-hydrogen) atoms. The molecule has 1 aromatic carbocycles. The zero-order valence-electron chi connectivity index (χ0n) is 8.91. The summed E-state index contributed by atoms with van der Waals surface area (Å²) in [6.45, 7) is 2.04. The Bertz CT molecular complexity index is 277. The van der Waals surface area contributed by atoms with E-state index in [1.54, 1.807) is 14.2 Å². The molecule has 0 saturated carbocycles. The fourth-order valence-corrected chi connectivity index (χ4v) is 1.45. The second-order valence-electron chi connectivity index (χ2n) is 3.09. The Balaban J connectivity index is 3.18. The normalized spacial score (nSPS) is 12.3. The molecule has 0 aliphatic rings. The number of methoxy groups -OCH3 is 2. The lowest BCUT2D eigenvalue weighted by molar-refractivity contribution is 0.378. The van der Waals surface area contributed by atoms with Crippen LogP contribution in [-0.4, -0.2) is 14.2 Å². The molecule has 0 amide bonds. The first-order valence-electron chi connectivity index (χ1n) is 4.71. The van der Waals surface area contributed by atoms with Gasteiger partial charge in [0.1, 0.15) is 11.5 Å². The third kappa shape index (κ3) is 1.99. The molecule has 0 aliphatic carbocycles. The largest absolute Gasteiger partial charge is 0.496 e. The van der Waals surface area contributed by atoms with Gasteiger partial charge in [0.2, 0.25) is 0 Å². The molecule has 0 heterocycles. The molecule has 3 heteroatoms. The highest BCUT2D eigenvalue weighted by Gasteiger charge is 2.15. The lowest BCUT2D eigenvalue weighted by atomic mass is 10.0. The van der Waals surface area contributed by atoms with Crippen molar-refractivity contribution in [2.45, 2.75) is 19.4 Å². The van der Waals surface area contributed by atoms with Crippen LogP contribution >= 0.6 is 0 Å². The van der Waals surface area contributed by atoms with Crippen LogP contribution in [0.1, 0.15) is 24.9 Å². The Hall–Kier alpha value is -1.22. The van der Waals surface area contributed by atoms with E-state index in [0.717, 1.165) is 23.5 Å². The predicted molar refractivity (Wildman–Crippen MR) is 56.8 cm³/mol. The zero-order chi connectivity index (χ0) is 10.6. The van der Waals surface area contributed by atoms with E-state index in [4.69, 9.17) is 15.2 Å². The summed E-state index contributed by atoms with van der Waals surface area (Å²) in [6.07, 6.45) is 0.858. The first-order valence-corrected chi connectivity index (χ1v) is 4.71. The number of hydrogen-bond donors (Lipinski definition) is 1. The van der Waals surface area contributed by atoms with Crippen molar-refractivity contribution in [2.24, 2.45) is 5.73 Å². The third-order valence-corrected chi connectivity index (χ3v) is 2.28. The van der Waals surface area contributed by atoms with E-state index in [1.807, 2.05) is 25.1 Å². The zero-order valence-corrected chi connectivity index (χ0v) is 8.91. The van der Waals surface area contributed by atoms with Gasteiger partial charge < -0.3 is 15.2 Å². The van der Waals surface area contributed by atoms with Crippen molar-refractivity contribution in [2.75, 3.05) is 14.2 Å². The maximum Gasteiger partial charge on any atom is 0.127 e. The average Bonchev–Trinajstić information content (AvgIpc) is 2.26. The van der Waals surface area contributed by atoms with Crippen LogP contribution in [0, 0.1) is 0 Å². The van der Waals surface area contributed by atoms with Crippen molar-refractivity contribution < 1.29 is 9.47 Å². The molecule has 1 rings (SSSR count). The van der Waals surface area contributed by atoms with Crippen LogP contribution in [0.5, 0.6) is 11.5 Å². The minimum Gasteiger partial charge on any atom is -0.496 e. The van der Waals surface area contributed by atoms with Gasteiger partial charge >= 0.3 is 0 Å². The summed E-state index contributed by atoms with van der Waals surface area (Å²) in [6, 6.07) is 5.64. The second-order valence-corrected chi connectivity index (χ2v) is 3.09. The minimum absolute atomic E-state index is 0.0406. The summed E-state index contributed by atoms with van der Waals surface area (Å²) in [5, 5.41) is 0. The Labute approximate surface area is 84.8 Å². The van der Waals surface area contributed by atoms with Gasteiger partial charge in [-0.25, -0.2) is 0 Å². The van der Waals surface area contributed by atoms with Crippen LogP contribution in [0.25, 0.3) is 0 Å². The molecule has 1 aromatic rings. The van der Waals surface area contributed by atoms with E-state index in [9.17, 15) is 0 Å². The molecule has 0 spiro atoms. The Morgan fingerprint density at radius 1 is 1.21 bits per heavy atom. The molecule has 0 saturated heterocycles.